The van der Waals surface area contributed by atoms with E-state index < -0.39 is 6.04 Å². The molecule has 2 rings (SSSR count). The molecule has 0 saturated carbocycles. The second-order valence-corrected chi connectivity index (χ2v) is 2.67. The average molecular weight is 179 g/mol. The van der Waals surface area contributed by atoms with E-state index in [1.807, 2.05) is 0 Å². The van der Waals surface area contributed by atoms with Gasteiger partial charge in [-0.3, -0.25) is 0 Å². The first-order valence-electron chi connectivity index (χ1n) is 3.83. The third kappa shape index (κ3) is 1.36. The topological polar surface area (TPSA) is 101 Å². The maximum atomic E-state index is 8.79. The molecule has 68 valence electrons. The molecule has 0 spiro atoms. The second kappa shape index (κ2) is 3.08. The number of aliphatic hydroxyl groups excluding tert-OH is 1. The minimum absolute atomic E-state index is 0.146. The van der Waals surface area contributed by atoms with E-state index in [9.17, 15) is 0 Å². The number of rotatable bonds is 2. The van der Waals surface area contributed by atoms with Crippen LogP contribution in [-0.2, 0) is 0 Å². The van der Waals surface area contributed by atoms with Gasteiger partial charge in [0.15, 0.2) is 5.65 Å². The molecule has 0 aliphatic carbocycles. The molecule has 2 aromatic heterocycles. The molecule has 13 heavy (non-hydrogen) atoms. The zero-order valence-corrected chi connectivity index (χ0v) is 6.81. The van der Waals surface area contributed by atoms with E-state index in [-0.39, 0.29) is 6.61 Å². The van der Waals surface area contributed by atoms with Crippen molar-refractivity contribution in [3.8, 4) is 0 Å². The van der Waals surface area contributed by atoms with Crippen LogP contribution in [0.15, 0.2) is 12.5 Å². The fourth-order valence-electron chi connectivity index (χ4n) is 1.04. The first kappa shape index (κ1) is 8.09. The highest BCUT2D eigenvalue weighted by atomic mass is 16.3. The van der Waals surface area contributed by atoms with E-state index in [0.717, 1.165) is 5.52 Å². The van der Waals surface area contributed by atoms with E-state index in [2.05, 4.69) is 19.9 Å². The molecule has 2 aromatic rings. The first-order valence-corrected chi connectivity index (χ1v) is 3.83. The Morgan fingerprint density at radius 2 is 2.46 bits per heavy atom. The summed E-state index contributed by atoms with van der Waals surface area (Å²) >= 11 is 0. The van der Waals surface area contributed by atoms with Crippen molar-refractivity contribution < 1.29 is 5.11 Å². The molecule has 0 aromatic carbocycles. The van der Waals surface area contributed by atoms with E-state index in [0.29, 0.717) is 11.5 Å². The Balaban J connectivity index is 2.49. The molecule has 6 nitrogen and oxygen atoms in total. The van der Waals surface area contributed by atoms with Crippen molar-refractivity contribution in [2.24, 2.45) is 5.73 Å². The molecule has 0 aliphatic rings. The minimum Gasteiger partial charge on any atom is -0.394 e. The maximum absolute atomic E-state index is 8.79. The van der Waals surface area contributed by atoms with Crippen LogP contribution < -0.4 is 5.73 Å². The number of nitrogens with one attached hydrogen (secondary N) is 1. The van der Waals surface area contributed by atoms with E-state index in [1.165, 1.54) is 6.33 Å². The zero-order chi connectivity index (χ0) is 9.26. The van der Waals surface area contributed by atoms with Crippen LogP contribution in [0.1, 0.15) is 11.9 Å². The van der Waals surface area contributed by atoms with E-state index >= 15 is 0 Å². The number of fused-ring (bicyclic) bond motifs is 1. The molecule has 0 amide bonds. The largest absolute Gasteiger partial charge is 0.394 e. The lowest BCUT2D eigenvalue weighted by molar-refractivity contribution is 0.264. The molecule has 0 fully saturated rings. The zero-order valence-electron chi connectivity index (χ0n) is 6.81. The van der Waals surface area contributed by atoms with Crippen molar-refractivity contribution in [2.45, 2.75) is 6.04 Å². The summed E-state index contributed by atoms with van der Waals surface area (Å²) < 4.78 is 0. The third-order valence-electron chi connectivity index (χ3n) is 1.73. The molecule has 0 saturated heterocycles. The first-order chi connectivity index (χ1) is 6.31. The number of aromatic nitrogens is 4. The standard InChI is InChI=1S/C7H9N5O/c8-4(2-13)6-11-5-1-9-3-10-7(5)12-6/h1,3-4,13H,2,8H2,(H,9,10,11,12). The van der Waals surface area contributed by atoms with Gasteiger partial charge in [-0.2, -0.15) is 0 Å². The summed E-state index contributed by atoms with van der Waals surface area (Å²) in [4.78, 5) is 14.8. The Labute approximate surface area is 73.8 Å². The Kier molecular flexibility index (Phi) is 1.91. The van der Waals surface area contributed by atoms with Gasteiger partial charge in [0.2, 0.25) is 0 Å². The van der Waals surface area contributed by atoms with Gasteiger partial charge in [0.05, 0.1) is 18.8 Å². The molecule has 0 radical (unpaired) electrons. The summed E-state index contributed by atoms with van der Waals surface area (Å²) in [6.45, 7) is -0.146. The molecule has 2 heterocycles. The number of H-pyrrole nitrogens is 1. The van der Waals surface area contributed by atoms with Gasteiger partial charge in [0.1, 0.15) is 17.7 Å². The molecular formula is C7H9N5O. The van der Waals surface area contributed by atoms with Gasteiger partial charge >= 0.3 is 0 Å². The lowest BCUT2D eigenvalue weighted by Crippen LogP contribution is -2.15. The quantitative estimate of drug-likeness (QED) is 0.568. The van der Waals surface area contributed by atoms with Crippen molar-refractivity contribution in [1.82, 2.24) is 19.9 Å². The summed E-state index contributed by atoms with van der Waals surface area (Å²) in [5.41, 5.74) is 6.85. The van der Waals surface area contributed by atoms with Crippen LogP contribution >= 0.6 is 0 Å². The molecule has 4 N–H and O–H groups in total. The normalized spacial score (nSPS) is 13.4. The summed E-state index contributed by atoms with van der Waals surface area (Å²) in [5, 5.41) is 8.79. The van der Waals surface area contributed by atoms with Crippen molar-refractivity contribution in [1.29, 1.82) is 0 Å². The van der Waals surface area contributed by atoms with Crippen LogP contribution in [0.2, 0.25) is 0 Å². The van der Waals surface area contributed by atoms with Gasteiger partial charge in [-0.25, -0.2) is 15.0 Å². The summed E-state index contributed by atoms with van der Waals surface area (Å²) in [6, 6.07) is -0.491. The smallest absolute Gasteiger partial charge is 0.180 e. The van der Waals surface area contributed by atoms with Gasteiger partial charge in [0.25, 0.3) is 0 Å². The van der Waals surface area contributed by atoms with Gasteiger partial charge in [-0.1, -0.05) is 0 Å². The monoisotopic (exact) mass is 179 g/mol. The van der Waals surface area contributed by atoms with Crippen molar-refractivity contribution >= 4 is 11.2 Å². The minimum atomic E-state index is -0.491. The Bertz CT molecular complexity index is 379. The number of imidazole rings is 1. The Morgan fingerprint density at radius 1 is 1.62 bits per heavy atom. The highest BCUT2D eigenvalue weighted by Gasteiger charge is 2.09. The number of aromatic amines is 1. The van der Waals surface area contributed by atoms with Crippen LogP contribution in [0, 0.1) is 0 Å². The lowest BCUT2D eigenvalue weighted by atomic mass is 10.3. The average Bonchev–Trinajstić information content (AvgIpc) is 2.59. The third-order valence-corrected chi connectivity index (χ3v) is 1.73. The van der Waals surface area contributed by atoms with Crippen molar-refractivity contribution in [3.05, 3.63) is 18.3 Å². The lowest BCUT2D eigenvalue weighted by Gasteiger charge is -2.01. The fourth-order valence-corrected chi connectivity index (χ4v) is 1.04. The second-order valence-electron chi connectivity index (χ2n) is 2.67. The molecular weight excluding hydrogens is 170 g/mol. The van der Waals surface area contributed by atoms with Gasteiger partial charge in [0, 0.05) is 0 Å². The van der Waals surface area contributed by atoms with E-state index in [1.54, 1.807) is 6.20 Å². The Morgan fingerprint density at radius 3 is 3.15 bits per heavy atom. The SMILES string of the molecule is NC(CO)c1nc2ncncc2[nH]1. The van der Waals surface area contributed by atoms with Gasteiger partial charge in [-0.05, 0) is 0 Å². The predicted octanol–water partition coefficient (Wildman–Crippen LogP) is -0.655. The van der Waals surface area contributed by atoms with E-state index in [4.69, 9.17) is 10.8 Å². The number of hydrogen-bond acceptors (Lipinski definition) is 5. The molecule has 1 unspecified atom stereocenters. The molecule has 0 bridgehead atoms. The highest BCUT2D eigenvalue weighted by Crippen LogP contribution is 2.10. The van der Waals surface area contributed by atoms with Crippen molar-refractivity contribution in [2.75, 3.05) is 6.61 Å². The summed E-state index contributed by atoms with van der Waals surface area (Å²) in [6.07, 6.45) is 3.03. The number of hydrogen-bond donors (Lipinski definition) is 3. The van der Waals surface area contributed by atoms with Crippen LogP contribution in [0.5, 0.6) is 0 Å². The van der Waals surface area contributed by atoms with Gasteiger partial charge in [-0.15, -0.1) is 0 Å². The fraction of sp³-hybridized carbons (Fsp3) is 0.286. The summed E-state index contributed by atoms with van der Waals surface area (Å²) in [7, 11) is 0. The summed E-state index contributed by atoms with van der Waals surface area (Å²) in [5.74, 6) is 0.526. The molecule has 6 heteroatoms. The number of aliphatic hydroxyl groups is 1. The van der Waals surface area contributed by atoms with Crippen LogP contribution in [-0.4, -0.2) is 31.6 Å². The van der Waals surface area contributed by atoms with Crippen molar-refractivity contribution in [3.63, 3.8) is 0 Å². The molecule has 0 aliphatic heterocycles. The predicted molar refractivity (Wildman–Crippen MR) is 45.7 cm³/mol. The van der Waals surface area contributed by atoms with Gasteiger partial charge < -0.3 is 15.8 Å². The number of nitrogens with zero attached hydrogens (tertiary/aromatic N) is 3. The Hall–Kier alpha value is -1.53. The number of nitrogens with two attached hydrogens (primary N) is 1. The van der Waals surface area contributed by atoms with Crippen LogP contribution in [0.4, 0.5) is 0 Å². The molecule has 1 atom stereocenters. The maximum Gasteiger partial charge on any atom is 0.180 e. The highest BCUT2D eigenvalue weighted by molar-refractivity contribution is 5.68. The van der Waals surface area contributed by atoms with Crippen LogP contribution in [0.25, 0.3) is 11.2 Å². The van der Waals surface area contributed by atoms with Crippen LogP contribution in [0.3, 0.4) is 0 Å².